The first-order valence-electron chi connectivity index (χ1n) is 8.00. The third-order valence-corrected chi connectivity index (χ3v) is 4.65. The second-order valence-corrected chi connectivity index (χ2v) is 6.38. The van der Waals surface area contributed by atoms with Crippen LogP contribution in [0.25, 0.3) is 0 Å². The largest absolute Gasteiger partial charge is 0.336 e. The van der Waals surface area contributed by atoms with Crippen LogP contribution in [-0.2, 0) is 4.79 Å². The van der Waals surface area contributed by atoms with Crippen LogP contribution in [0.1, 0.15) is 10.4 Å². The molecule has 0 unspecified atom stereocenters. The van der Waals surface area contributed by atoms with Crippen molar-refractivity contribution in [1.82, 2.24) is 20.0 Å². The maximum Gasteiger partial charge on any atom is 0.324 e. The number of imide groups is 1. The van der Waals surface area contributed by atoms with Gasteiger partial charge in [-0.3, -0.25) is 19.4 Å². The molecule has 25 heavy (non-hydrogen) atoms. The zero-order valence-corrected chi connectivity index (χ0v) is 14.3. The topological polar surface area (TPSA) is 73.0 Å². The van der Waals surface area contributed by atoms with Crippen LogP contribution in [-0.4, -0.2) is 78.4 Å². The molecule has 0 spiro atoms. The summed E-state index contributed by atoms with van der Waals surface area (Å²) in [5.41, 5.74) is 0.265. The number of hydrogen-bond donors (Lipinski definition) is 1. The molecule has 0 aliphatic carbocycles. The van der Waals surface area contributed by atoms with Crippen LogP contribution >= 0.6 is 11.6 Å². The fourth-order valence-corrected chi connectivity index (χ4v) is 3.18. The zero-order valence-electron chi connectivity index (χ0n) is 13.5. The molecule has 1 aromatic carbocycles. The summed E-state index contributed by atoms with van der Waals surface area (Å²) in [5.74, 6) is -0.984. The molecule has 7 nitrogen and oxygen atoms in total. The van der Waals surface area contributed by atoms with Crippen molar-refractivity contribution in [3.63, 3.8) is 0 Å². The number of rotatable bonds is 3. The lowest BCUT2D eigenvalue weighted by Gasteiger charge is -2.34. The SMILES string of the molecule is O=C(c1ccc(F)cc1Cl)N1CCN(CC(=O)N2CCNC2=O)CC1. The van der Waals surface area contributed by atoms with Gasteiger partial charge in [0.2, 0.25) is 5.91 Å². The predicted molar refractivity (Wildman–Crippen MR) is 88.9 cm³/mol. The van der Waals surface area contributed by atoms with Crippen LogP contribution in [0.4, 0.5) is 9.18 Å². The highest BCUT2D eigenvalue weighted by molar-refractivity contribution is 6.33. The van der Waals surface area contributed by atoms with Crippen LogP contribution in [0.15, 0.2) is 18.2 Å². The molecule has 134 valence electrons. The van der Waals surface area contributed by atoms with Crippen molar-refractivity contribution >= 4 is 29.4 Å². The molecule has 0 atom stereocenters. The number of piperazine rings is 1. The molecule has 1 aromatic rings. The van der Waals surface area contributed by atoms with E-state index in [-0.39, 0.29) is 35.0 Å². The van der Waals surface area contributed by atoms with Gasteiger partial charge in [-0.1, -0.05) is 11.6 Å². The zero-order chi connectivity index (χ0) is 18.0. The first-order chi connectivity index (χ1) is 12.0. The minimum absolute atomic E-state index is 0.0858. The van der Waals surface area contributed by atoms with Crippen molar-refractivity contribution in [3.05, 3.63) is 34.6 Å². The first kappa shape index (κ1) is 17.6. The second kappa shape index (κ2) is 7.37. The maximum absolute atomic E-state index is 13.1. The first-order valence-corrected chi connectivity index (χ1v) is 8.38. The van der Waals surface area contributed by atoms with Gasteiger partial charge in [-0.25, -0.2) is 9.18 Å². The van der Waals surface area contributed by atoms with Crippen molar-refractivity contribution < 1.29 is 18.8 Å². The Morgan fingerprint density at radius 2 is 1.88 bits per heavy atom. The van der Waals surface area contributed by atoms with Gasteiger partial charge in [-0.15, -0.1) is 0 Å². The molecule has 1 N–H and O–H groups in total. The van der Waals surface area contributed by atoms with E-state index in [9.17, 15) is 18.8 Å². The minimum Gasteiger partial charge on any atom is -0.336 e. The van der Waals surface area contributed by atoms with Crippen LogP contribution in [0.5, 0.6) is 0 Å². The molecular formula is C16H18ClFN4O3. The Morgan fingerprint density at radius 1 is 1.16 bits per heavy atom. The van der Waals surface area contributed by atoms with Crippen molar-refractivity contribution in [1.29, 1.82) is 0 Å². The van der Waals surface area contributed by atoms with E-state index >= 15 is 0 Å². The fourth-order valence-electron chi connectivity index (χ4n) is 2.93. The third kappa shape index (κ3) is 3.91. The monoisotopic (exact) mass is 368 g/mol. The lowest BCUT2D eigenvalue weighted by atomic mass is 10.1. The Labute approximate surface area is 149 Å². The lowest BCUT2D eigenvalue weighted by molar-refractivity contribution is -0.129. The number of carbonyl (C=O) groups is 3. The number of amides is 4. The third-order valence-electron chi connectivity index (χ3n) is 4.34. The van der Waals surface area contributed by atoms with Gasteiger partial charge in [-0.05, 0) is 18.2 Å². The second-order valence-electron chi connectivity index (χ2n) is 5.97. The molecule has 4 amide bonds. The summed E-state index contributed by atoms with van der Waals surface area (Å²) >= 11 is 5.94. The number of halogens is 2. The van der Waals surface area contributed by atoms with Gasteiger partial charge in [0.15, 0.2) is 0 Å². The summed E-state index contributed by atoms with van der Waals surface area (Å²) in [6, 6.07) is 3.34. The van der Waals surface area contributed by atoms with E-state index in [1.165, 1.54) is 17.0 Å². The predicted octanol–water partition coefficient (Wildman–Crippen LogP) is 0.789. The molecule has 0 bridgehead atoms. The van der Waals surface area contributed by atoms with E-state index in [0.29, 0.717) is 39.3 Å². The maximum atomic E-state index is 13.1. The summed E-state index contributed by atoms with van der Waals surface area (Å²) < 4.78 is 13.1. The number of nitrogens with zero attached hydrogens (tertiary/aromatic N) is 3. The van der Waals surface area contributed by atoms with Crippen molar-refractivity contribution in [2.75, 3.05) is 45.8 Å². The van der Waals surface area contributed by atoms with Gasteiger partial charge < -0.3 is 10.2 Å². The Hall–Kier alpha value is -2.19. The molecule has 2 saturated heterocycles. The number of benzene rings is 1. The van der Waals surface area contributed by atoms with Crippen molar-refractivity contribution in [3.8, 4) is 0 Å². The van der Waals surface area contributed by atoms with Gasteiger partial charge in [-0.2, -0.15) is 0 Å². The van der Waals surface area contributed by atoms with Crippen LogP contribution in [0.3, 0.4) is 0 Å². The van der Waals surface area contributed by atoms with Crippen molar-refractivity contribution in [2.45, 2.75) is 0 Å². The van der Waals surface area contributed by atoms with Gasteiger partial charge in [0.1, 0.15) is 5.82 Å². The molecule has 2 heterocycles. The Morgan fingerprint density at radius 3 is 2.48 bits per heavy atom. The molecule has 0 saturated carbocycles. The molecule has 3 rings (SSSR count). The summed E-state index contributed by atoms with van der Waals surface area (Å²) in [4.78, 5) is 40.8. The van der Waals surface area contributed by atoms with Gasteiger partial charge in [0.25, 0.3) is 5.91 Å². The summed E-state index contributed by atoms with van der Waals surface area (Å²) in [5, 5.41) is 2.68. The quantitative estimate of drug-likeness (QED) is 0.856. The molecule has 2 fully saturated rings. The smallest absolute Gasteiger partial charge is 0.324 e. The van der Waals surface area contributed by atoms with E-state index in [2.05, 4.69) is 5.32 Å². The van der Waals surface area contributed by atoms with Crippen LogP contribution in [0, 0.1) is 5.82 Å². The molecule has 9 heteroatoms. The van der Waals surface area contributed by atoms with Gasteiger partial charge >= 0.3 is 6.03 Å². The summed E-state index contributed by atoms with van der Waals surface area (Å²) in [6.07, 6.45) is 0. The van der Waals surface area contributed by atoms with Crippen LogP contribution < -0.4 is 5.32 Å². The van der Waals surface area contributed by atoms with E-state index in [1.807, 2.05) is 4.90 Å². The van der Waals surface area contributed by atoms with Gasteiger partial charge in [0.05, 0.1) is 17.1 Å². The standard InChI is InChI=1S/C16H18ClFN4O3/c17-13-9-11(18)1-2-12(13)15(24)21-7-5-20(6-8-21)10-14(23)22-4-3-19-16(22)25/h1-2,9H,3-8,10H2,(H,19,25). The lowest BCUT2D eigenvalue weighted by Crippen LogP contribution is -2.51. The average Bonchev–Trinajstić information content (AvgIpc) is 3.01. The number of carbonyl (C=O) groups excluding carboxylic acids is 3. The van der Waals surface area contributed by atoms with E-state index in [0.717, 1.165) is 6.07 Å². The highest BCUT2D eigenvalue weighted by atomic mass is 35.5. The van der Waals surface area contributed by atoms with Gasteiger partial charge in [0, 0.05) is 39.3 Å². The van der Waals surface area contributed by atoms with E-state index in [4.69, 9.17) is 11.6 Å². The fraction of sp³-hybridized carbons (Fsp3) is 0.438. The molecule has 2 aliphatic rings. The van der Waals surface area contributed by atoms with Crippen LogP contribution in [0.2, 0.25) is 5.02 Å². The summed E-state index contributed by atoms with van der Waals surface area (Å²) in [6.45, 7) is 2.92. The molecule has 2 aliphatic heterocycles. The highest BCUT2D eigenvalue weighted by Gasteiger charge is 2.29. The molecule has 0 radical (unpaired) electrons. The normalized spacial score (nSPS) is 18.4. The molecular weight excluding hydrogens is 351 g/mol. The average molecular weight is 369 g/mol. The Balaban J connectivity index is 1.54. The Bertz CT molecular complexity index is 707. The Kier molecular flexibility index (Phi) is 5.19. The van der Waals surface area contributed by atoms with E-state index in [1.54, 1.807) is 4.90 Å². The van der Waals surface area contributed by atoms with E-state index < -0.39 is 5.82 Å². The number of nitrogens with one attached hydrogen (secondary N) is 1. The number of hydrogen-bond acceptors (Lipinski definition) is 4. The van der Waals surface area contributed by atoms with Crippen molar-refractivity contribution in [2.24, 2.45) is 0 Å². The highest BCUT2D eigenvalue weighted by Crippen LogP contribution is 2.20. The summed E-state index contributed by atoms with van der Waals surface area (Å²) in [7, 11) is 0. The number of urea groups is 1. The minimum atomic E-state index is -0.490. The molecule has 0 aromatic heterocycles.